The fourth-order valence-corrected chi connectivity index (χ4v) is 2.80. The monoisotopic (exact) mass is 408 g/mol. The molecule has 0 amide bonds. The molecule has 3 heteroatoms. The van der Waals surface area contributed by atoms with Crippen molar-refractivity contribution in [2.24, 2.45) is 0 Å². The SMILES string of the molecule is CC(c1ccc(I)cc1)c1ccc(N(C)CCN(C)C)cc1. The number of nitrogens with zero attached hydrogens (tertiary/aromatic N) is 2. The van der Waals surface area contributed by atoms with E-state index in [1.165, 1.54) is 20.4 Å². The maximum atomic E-state index is 2.35. The van der Waals surface area contributed by atoms with Gasteiger partial charge in [-0.25, -0.2) is 0 Å². The van der Waals surface area contributed by atoms with Crippen molar-refractivity contribution in [2.45, 2.75) is 12.8 Å². The molecule has 2 aromatic rings. The van der Waals surface area contributed by atoms with Crippen LogP contribution in [0.3, 0.4) is 0 Å². The summed E-state index contributed by atoms with van der Waals surface area (Å²) in [6.45, 7) is 4.38. The van der Waals surface area contributed by atoms with Crippen LogP contribution in [0, 0.1) is 3.57 Å². The van der Waals surface area contributed by atoms with Gasteiger partial charge in [0.05, 0.1) is 0 Å². The molecule has 2 rings (SSSR count). The van der Waals surface area contributed by atoms with Crippen molar-refractivity contribution < 1.29 is 0 Å². The third-order valence-electron chi connectivity index (χ3n) is 4.09. The Morgan fingerprint density at radius 3 is 1.82 bits per heavy atom. The fourth-order valence-electron chi connectivity index (χ4n) is 2.44. The van der Waals surface area contributed by atoms with Crippen molar-refractivity contribution in [3.8, 4) is 0 Å². The van der Waals surface area contributed by atoms with E-state index in [-0.39, 0.29) is 0 Å². The van der Waals surface area contributed by atoms with Crippen LogP contribution in [0.2, 0.25) is 0 Å². The van der Waals surface area contributed by atoms with Gasteiger partial charge in [-0.2, -0.15) is 0 Å². The van der Waals surface area contributed by atoms with Gasteiger partial charge in [0.25, 0.3) is 0 Å². The van der Waals surface area contributed by atoms with Crippen molar-refractivity contribution >= 4 is 28.3 Å². The zero-order valence-electron chi connectivity index (χ0n) is 13.9. The molecule has 0 bridgehead atoms. The van der Waals surface area contributed by atoms with E-state index in [0.717, 1.165) is 13.1 Å². The van der Waals surface area contributed by atoms with E-state index in [2.05, 4.69) is 109 Å². The van der Waals surface area contributed by atoms with Gasteiger partial charge in [0.2, 0.25) is 0 Å². The van der Waals surface area contributed by atoms with Crippen LogP contribution in [0.5, 0.6) is 0 Å². The maximum Gasteiger partial charge on any atom is 0.0364 e. The van der Waals surface area contributed by atoms with Gasteiger partial charge in [0, 0.05) is 35.3 Å². The lowest BCUT2D eigenvalue weighted by atomic mass is 9.93. The predicted octanol–water partition coefficient (Wildman–Crippen LogP) is 4.44. The van der Waals surface area contributed by atoms with Crippen molar-refractivity contribution in [3.63, 3.8) is 0 Å². The second-order valence-electron chi connectivity index (χ2n) is 6.09. The maximum absolute atomic E-state index is 2.35. The van der Waals surface area contributed by atoms with Crippen LogP contribution in [0.4, 0.5) is 5.69 Å². The molecule has 118 valence electrons. The van der Waals surface area contributed by atoms with E-state index in [1.54, 1.807) is 0 Å². The van der Waals surface area contributed by atoms with E-state index < -0.39 is 0 Å². The summed E-state index contributed by atoms with van der Waals surface area (Å²) in [4.78, 5) is 4.52. The molecule has 0 saturated carbocycles. The second-order valence-corrected chi connectivity index (χ2v) is 7.34. The molecule has 0 aliphatic heterocycles. The Labute approximate surface area is 148 Å². The lowest BCUT2D eigenvalue weighted by Crippen LogP contribution is -2.28. The zero-order chi connectivity index (χ0) is 16.1. The van der Waals surface area contributed by atoms with Gasteiger partial charge in [-0.15, -0.1) is 0 Å². The molecule has 1 atom stereocenters. The third-order valence-corrected chi connectivity index (χ3v) is 4.81. The highest BCUT2D eigenvalue weighted by Crippen LogP contribution is 2.26. The fraction of sp³-hybridized carbons (Fsp3) is 0.368. The molecule has 0 aliphatic rings. The van der Waals surface area contributed by atoms with Crippen molar-refractivity contribution in [1.82, 2.24) is 4.90 Å². The summed E-state index contributed by atoms with van der Waals surface area (Å²) in [5.74, 6) is 0.429. The van der Waals surface area contributed by atoms with Crippen LogP contribution >= 0.6 is 22.6 Å². The van der Waals surface area contributed by atoms with Crippen molar-refractivity contribution in [2.75, 3.05) is 39.1 Å². The molecule has 2 aromatic carbocycles. The Hall–Kier alpha value is -1.07. The quantitative estimate of drug-likeness (QED) is 0.653. The normalized spacial score (nSPS) is 12.5. The van der Waals surface area contributed by atoms with Crippen molar-refractivity contribution in [3.05, 3.63) is 63.2 Å². The minimum absolute atomic E-state index is 0.429. The van der Waals surface area contributed by atoms with E-state index in [4.69, 9.17) is 0 Å². The number of rotatable bonds is 6. The van der Waals surface area contributed by atoms with Crippen LogP contribution < -0.4 is 4.90 Å². The third kappa shape index (κ3) is 4.71. The van der Waals surface area contributed by atoms with Gasteiger partial charge < -0.3 is 9.80 Å². The van der Waals surface area contributed by atoms with Crippen LogP contribution in [-0.4, -0.2) is 39.1 Å². The summed E-state index contributed by atoms with van der Waals surface area (Å²) in [6.07, 6.45) is 0. The minimum atomic E-state index is 0.429. The molecule has 0 heterocycles. The summed E-state index contributed by atoms with van der Waals surface area (Å²) in [5, 5.41) is 0. The molecule has 0 aromatic heterocycles. The van der Waals surface area contributed by atoms with Gasteiger partial charge in [-0.1, -0.05) is 31.2 Å². The average molecular weight is 408 g/mol. The van der Waals surface area contributed by atoms with Crippen LogP contribution in [0.25, 0.3) is 0 Å². The predicted molar refractivity (Wildman–Crippen MR) is 105 cm³/mol. The molecule has 1 unspecified atom stereocenters. The highest BCUT2D eigenvalue weighted by molar-refractivity contribution is 14.1. The highest BCUT2D eigenvalue weighted by Gasteiger charge is 2.09. The highest BCUT2D eigenvalue weighted by atomic mass is 127. The summed E-state index contributed by atoms with van der Waals surface area (Å²) >= 11 is 2.35. The standard InChI is InChI=1S/C19H25IN2/c1-15(16-5-9-18(20)10-6-16)17-7-11-19(12-8-17)22(4)14-13-21(2)3/h5-12,15H,13-14H2,1-4H3. The van der Waals surface area contributed by atoms with E-state index in [0.29, 0.717) is 5.92 Å². The van der Waals surface area contributed by atoms with Crippen molar-refractivity contribution in [1.29, 1.82) is 0 Å². The Morgan fingerprint density at radius 1 is 0.818 bits per heavy atom. The molecule has 0 spiro atoms. The molecular formula is C19H25IN2. The number of hydrogen-bond donors (Lipinski definition) is 0. The largest absolute Gasteiger partial charge is 0.373 e. The molecule has 0 aliphatic carbocycles. The van der Waals surface area contributed by atoms with Crippen LogP contribution in [0.1, 0.15) is 24.0 Å². The Balaban J connectivity index is 2.06. The molecule has 0 saturated heterocycles. The summed E-state index contributed by atoms with van der Waals surface area (Å²) in [7, 11) is 6.38. The lowest BCUT2D eigenvalue weighted by molar-refractivity contribution is 0.416. The van der Waals surface area contributed by atoms with Gasteiger partial charge in [-0.3, -0.25) is 0 Å². The topological polar surface area (TPSA) is 6.48 Å². The minimum Gasteiger partial charge on any atom is -0.373 e. The van der Waals surface area contributed by atoms with E-state index >= 15 is 0 Å². The Kier molecular flexibility index (Phi) is 6.26. The second kappa shape index (κ2) is 7.97. The van der Waals surface area contributed by atoms with E-state index in [1.807, 2.05) is 0 Å². The van der Waals surface area contributed by atoms with Gasteiger partial charge >= 0.3 is 0 Å². The average Bonchev–Trinajstić information content (AvgIpc) is 2.53. The first-order valence-corrected chi connectivity index (χ1v) is 8.76. The Morgan fingerprint density at radius 2 is 1.32 bits per heavy atom. The van der Waals surface area contributed by atoms with Gasteiger partial charge in [-0.05, 0) is 72.1 Å². The molecular weight excluding hydrogens is 383 g/mol. The molecule has 2 nitrogen and oxygen atoms in total. The first-order valence-electron chi connectivity index (χ1n) is 7.68. The summed E-state index contributed by atoms with van der Waals surface area (Å²) in [6, 6.07) is 17.8. The molecule has 0 fully saturated rings. The smallest absolute Gasteiger partial charge is 0.0364 e. The van der Waals surface area contributed by atoms with Gasteiger partial charge in [0.1, 0.15) is 0 Å². The first kappa shape index (κ1) is 17.3. The molecule has 22 heavy (non-hydrogen) atoms. The van der Waals surface area contributed by atoms with Gasteiger partial charge in [0.15, 0.2) is 0 Å². The lowest BCUT2D eigenvalue weighted by Gasteiger charge is -2.22. The zero-order valence-corrected chi connectivity index (χ0v) is 16.0. The number of benzene rings is 2. The summed E-state index contributed by atoms with van der Waals surface area (Å²) in [5.41, 5.74) is 4.01. The molecule has 0 radical (unpaired) electrons. The number of hydrogen-bond acceptors (Lipinski definition) is 2. The number of halogens is 1. The van der Waals surface area contributed by atoms with Crippen LogP contribution in [-0.2, 0) is 0 Å². The Bertz CT molecular complexity index is 575. The summed E-state index contributed by atoms with van der Waals surface area (Å²) < 4.78 is 1.28. The number of likely N-dealkylation sites (N-methyl/N-ethyl adjacent to an activating group) is 2. The van der Waals surface area contributed by atoms with E-state index in [9.17, 15) is 0 Å². The molecule has 0 N–H and O–H groups in total. The first-order chi connectivity index (χ1) is 10.5. The number of anilines is 1. The van der Waals surface area contributed by atoms with Crippen LogP contribution in [0.15, 0.2) is 48.5 Å².